The first-order valence-corrected chi connectivity index (χ1v) is 22.9. The van der Waals surface area contributed by atoms with Crippen molar-refractivity contribution in [2.75, 3.05) is 146 Å². The molecule has 67 heavy (non-hydrogen) atoms. The second-order valence-corrected chi connectivity index (χ2v) is 16.0. The highest BCUT2D eigenvalue weighted by molar-refractivity contribution is 5.82. The number of rotatable bonds is 35. The Hall–Kier alpha value is -4.54. The summed E-state index contributed by atoms with van der Waals surface area (Å²) in [5.74, 6) is 7.83. The van der Waals surface area contributed by atoms with Crippen LogP contribution in [0.2, 0.25) is 0 Å². The van der Waals surface area contributed by atoms with E-state index in [1.807, 2.05) is 30.5 Å². The quantitative estimate of drug-likeness (QED) is 0.0297. The maximum atomic E-state index is 12.5. The zero-order chi connectivity index (χ0) is 47.7. The van der Waals surface area contributed by atoms with Gasteiger partial charge in [-0.05, 0) is 49.6 Å². The van der Waals surface area contributed by atoms with E-state index in [4.69, 9.17) is 72.2 Å². The molecule has 0 aliphatic carbocycles. The van der Waals surface area contributed by atoms with Crippen molar-refractivity contribution < 1.29 is 75.9 Å². The van der Waals surface area contributed by atoms with Crippen molar-refractivity contribution in [3.05, 3.63) is 59.2 Å². The lowest BCUT2D eigenvalue weighted by Gasteiger charge is -2.47. The standard InChI is InChI=1S/C48H71N3O16/c1-34(2)40-30-38-39(66-40)9-8-36-35(46-37-29-42(54-4)43(55-5)31-41(37)65-33-48(46,3)67-47(36)38)7-6-12-64-32-45(53)50-11-14-57-16-18-59-20-22-61-24-26-63-28-27-62-25-23-60-21-19-58-17-15-56-13-10-44(52)51-49/h7-9,29,31,40,46H,1,6,10-28,30,32-33,49H2,2-5H3,(H,50,53)(H,51,52)/b35-7+/t40-,46+,48-/m1/s1. The van der Waals surface area contributed by atoms with E-state index in [0.29, 0.717) is 156 Å². The molecular weight excluding hydrogens is 875 g/mol. The molecule has 2 aromatic carbocycles. The molecule has 3 aliphatic rings. The van der Waals surface area contributed by atoms with Gasteiger partial charge in [-0.3, -0.25) is 15.0 Å². The minimum atomic E-state index is -0.732. The summed E-state index contributed by atoms with van der Waals surface area (Å²) in [4.78, 5) is 23.5. The fourth-order valence-corrected chi connectivity index (χ4v) is 7.63. The molecule has 2 amide bonds. The average molecular weight is 946 g/mol. The summed E-state index contributed by atoms with van der Waals surface area (Å²) in [6.45, 7) is 15.9. The highest BCUT2D eigenvalue weighted by Crippen LogP contribution is 2.58. The van der Waals surface area contributed by atoms with Crippen LogP contribution >= 0.6 is 0 Å². The van der Waals surface area contributed by atoms with Crippen molar-refractivity contribution >= 4 is 17.4 Å². The monoisotopic (exact) mass is 945 g/mol. The van der Waals surface area contributed by atoms with Crippen LogP contribution in [0, 0.1) is 0 Å². The first kappa shape index (κ1) is 53.4. The summed E-state index contributed by atoms with van der Waals surface area (Å²) in [6.07, 6.45) is 3.53. The van der Waals surface area contributed by atoms with Gasteiger partial charge in [-0.15, -0.1) is 0 Å². The van der Waals surface area contributed by atoms with E-state index in [-0.39, 0.29) is 36.9 Å². The number of nitrogens with one attached hydrogen (secondary N) is 2. The molecule has 0 spiro atoms. The molecule has 374 valence electrons. The number of nitrogens with two attached hydrogens (primary N) is 1. The second-order valence-electron chi connectivity index (χ2n) is 16.0. The third-order valence-corrected chi connectivity index (χ3v) is 11.0. The SMILES string of the molecule is C=C(C)[C@H]1Cc2c(ccc3c2O[C@]2(C)COc4cc(OC)c(OC)cc4[C@@H]2/C3=C/CCOCC(=O)NCCOCCOCCOCCOCCOCCOCCOCCOCCC(=O)NN)O1. The molecular formula is C48H71N3O16. The zero-order valence-electron chi connectivity index (χ0n) is 39.6. The summed E-state index contributed by atoms with van der Waals surface area (Å²) in [5.41, 5.74) is 6.30. The number of methoxy groups -OCH3 is 2. The molecule has 3 heterocycles. The number of fused-ring (bicyclic) bond motifs is 6. The highest BCUT2D eigenvalue weighted by Gasteiger charge is 2.51. The van der Waals surface area contributed by atoms with Crippen molar-refractivity contribution in [3.8, 4) is 28.7 Å². The summed E-state index contributed by atoms with van der Waals surface area (Å²) in [6, 6.07) is 7.91. The van der Waals surface area contributed by atoms with Crippen LogP contribution in [0.4, 0.5) is 0 Å². The largest absolute Gasteiger partial charge is 0.493 e. The van der Waals surface area contributed by atoms with E-state index in [9.17, 15) is 9.59 Å². The third kappa shape index (κ3) is 16.9. The molecule has 0 aromatic heterocycles. The van der Waals surface area contributed by atoms with Crippen LogP contribution in [0.15, 0.2) is 42.5 Å². The van der Waals surface area contributed by atoms with Gasteiger partial charge in [-0.1, -0.05) is 12.7 Å². The maximum Gasteiger partial charge on any atom is 0.246 e. The van der Waals surface area contributed by atoms with Crippen LogP contribution in [-0.4, -0.2) is 170 Å². The van der Waals surface area contributed by atoms with E-state index in [1.54, 1.807) is 14.2 Å². The fourth-order valence-electron chi connectivity index (χ4n) is 7.63. The van der Waals surface area contributed by atoms with Crippen molar-refractivity contribution in [2.45, 2.75) is 50.7 Å². The van der Waals surface area contributed by atoms with E-state index >= 15 is 0 Å². The molecule has 0 bridgehead atoms. The molecule has 3 atom stereocenters. The Morgan fingerprint density at radius 1 is 0.746 bits per heavy atom. The number of hydrogen-bond acceptors (Lipinski definition) is 17. The lowest BCUT2D eigenvalue weighted by atomic mass is 9.71. The minimum Gasteiger partial charge on any atom is -0.493 e. The Balaban J connectivity index is 0.879. The number of hydrazine groups is 1. The number of ether oxygens (including phenoxy) is 14. The molecule has 0 radical (unpaired) electrons. The number of carbonyl (C=O) groups is 2. The van der Waals surface area contributed by atoms with Crippen molar-refractivity contribution in [1.82, 2.24) is 10.7 Å². The normalized spacial score (nSPS) is 18.4. The van der Waals surface area contributed by atoms with Crippen molar-refractivity contribution in [3.63, 3.8) is 0 Å². The molecule has 0 unspecified atom stereocenters. The van der Waals surface area contributed by atoms with Crippen LogP contribution in [-0.2, 0) is 58.6 Å². The van der Waals surface area contributed by atoms with E-state index < -0.39 is 5.60 Å². The lowest BCUT2D eigenvalue weighted by molar-refractivity contribution is -0.126. The summed E-state index contributed by atoms with van der Waals surface area (Å²) >= 11 is 0. The molecule has 3 aliphatic heterocycles. The van der Waals surface area contributed by atoms with Gasteiger partial charge in [-0.2, -0.15) is 0 Å². The summed E-state index contributed by atoms with van der Waals surface area (Å²) < 4.78 is 80.3. The Labute approximate surface area is 394 Å². The lowest BCUT2D eigenvalue weighted by Crippen LogP contribution is -2.50. The second kappa shape index (κ2) is 29.4. The van der Waals surface area contributed by atoms with E-state index in [2.05, 4.69) is 31.0 Å². The molecule has 0 saturated carbocycles. The van der Waals surface area contributed by atoms with Gasteiger partial charge in [0.2, 0.25) is 11.8 Å². The van der Waals surface area contributed by atoms with Crippen molar-refractivity contribution in [1.29, 1.82) is 0 Å². The first-order valence-electron chi connectivity index (χ1n) is 22.9. The van der Waals surface area contributed by atoms with Gasteiger partial charge < -0.3 is 71.6 Å². The third-order valence-electron chi connectivity index (χ3n) is 11.0. The first-order chi connectivity index (χ1) is 32.7. The van der Waals surface area contributed by atoms with Crippen LogP contribution in [0.3, 0.4) is 0 Å². The van der Waals surface area contributed by atoms with Crippen LogP contribution in [0.25, 0.3) is 5.57 Å². The Kier molecular flexibility index (Phi) is 23.4. The van der Waals surface area contributed by atoms with Crippen molar-refractivity contribution in [2.24, 2.45) is 5.84 Å². The molecule has 0 fully saturated rings. The molecule has 5 rings (SSSR count). The van der Waals surface area contributed by atoms with Gasteiger partial charge in [0.15, 0.2) is 17.1 Å². The molecule has 2 aromatic rings. The number of amides is 2. The van der Waals surface area contributed by atoms with Crippen LogP contribution < -0.4 is 40.3 Å². The Morgan fingerprint density at radius 3 is 1.85 bits per heavy atom. The number of benzene rings is 2. The molecule has 0 saturated heterocycles. The molecule has 19 nitrogen and oxygen atoms in total. The van der Waals surface area contributed by atoms with Gasteiger partial charge in [0.1, 0.15) is 36.6 Å². The van der Waals surface area contributed by atoms with Crippen LogP contribution in [0.5, 0.6) is 28.7 Å². The zero-order valence-corrected chi connectivity index (χ0v) is 39.6. The maximum absolute atomic E-state index is 12.5. The van der Waals surface area contributed by atoms with Gasteiger partial charge in [0.05, 0.1) is 139 Å². The minimum absolute atomic E-state index is 0.0690. The van der Waals surface area contributed by atoms with E-state index in [1.165, 1.54) is 0 Å². The topological polar surface area (TPSA) is 213 Å². The Morgan fingerprint density at radius 2 is 1.30 bits per heavy atom. The summed E-state index contributed by atoms with van der Waals surface area (Å²) in [7, 11) is 3.22. The van der Waals surface area contributed by atoms with Gasteiger partial charge in [0.25, 0.3) is 0 Å². The van der Waals surface area contributed by atoms with Gasteiger partial charge in [0, 0.05) is 35.7 Å². The van der Waals surface area contributed by atoms with Gasteiger partial charge in [-0.25, -0.2) is 5.84 Å². The van der Waals surface area contributed by atoms with E-state index in [0.717, 1.165) is 39.3 Å². The van der Waals surface area contributed by atoms with Gasteiger partial charge >= 0.3 is 0 Å². The predicted octanol–water partition coefficient (Wildman–Crippen LogP) is 3.33. The number of hydrogen-bond donors (Lipinski definition) is 3. The smallest absolute Gasteiger partial charge is 0.246 e. The number of carbonyl (C=O) groups excluding carboxylic acids is 2. The highest BCUT2D eigenvalue weighted by atomic mass is 16.6. The summed E-state index contributed by atoms with van der Waals surface area (Å²) in [5, 5.41) is 2.84. The molecule has 19 heteroatoms. The van der Waals surface area contributed by atoms with Crippen LogP contribution in [0.1, 0.15) is 49.3 Å². The fraction of sp³-hybridized carbons (Fsp3) is 0.625. The Bertz CT molecular complexity index is 1880. The average Bonchev–Trinajstić information content (AvgIpc) is 3.78. The predicted molar refractivity (Wildman–Crippen MR) is 246 cm³/mol. The molecule has 4 N–H and O–H groups in total.